The third-order valence-electron chi connectivity index (χ3n) is 4.06. The molecular weight excluding hydrogens is 370 g/mol. The molecule has 6 heteroatoms. The number of nitrogens with zero attached hydrogens (tertiary/aromatic N) is 2. The average molecular weight is 387 g/mol. The monoisotopic (exact) mass is 387 g/mol. The van der Waals surface area contributed by atoms with Crippen LogP contribution in [0.2, 0.25) is 0 Å². The number of hydrogen-bond donors (Lipinski definition) is 1. The summed E-state index contributed by atoms with van der Waals surface area (Å²) >= 11 is 1.64. The van der Waals surface area contributed by atoms with Crippen LogP contribution in [0.1, 0.15) is 15.9 Å². The van der Waals surface area contributed by atoms with Gasteiger partial charge in [-0.25, -0.2) is 4.98 Å². The molecule has 4 aromatic rings. The summed E-state index contributed by atoms with van der Waals surface area (Å²) < 4.78 is 5.69. The van der Waals surface area contributed by atoms with Crippen LogP contribution in [0.25, 0.3) is 11.1 Å². The van der Waals surface area contributed by atoms with Gasteiger partial charge in [0.2, 0.25) is 5.88 Å². The highest BCUT2D eigenvalue weighted by Gasteiger charge is 2.08. The zero-order valence-electron chi connectivity index (χ0n) is 14.9. The molecule has 0 radical (unpaired) electrons. The maximum absolute atomic E-state index is 12.5. The molecule has 0 spiro atoms. The quantitative estimate of drug-likeness (QED) is 0.510. The van der Waals surface area contributed by atoms with E-state index in [4.69, 9.17) is 4.74 Å². The van der Waals surface area contributed by atoms with Crippen LogP contribution in [0, 0.1) is 0 Å². The van der Waals surface area contributed by atoms with Gasteiger partial charge >= 0.3 is 0 Å². The number of pyridine rings is 2. The first-order chi connectivity index (χ1) is 13.8. The molecule has 0 atom stereocenters. The molecule has 1 N–H and O–H groups in total. The number of thiophene rings is 1. The minimum atomic E-state index is -0.174. The largest absolute Gasteiger partial charge is 0.439 e. The normalized spacial score (nSPS) is 10.4. The van der Waals surface area contributed by atoms with Crippen LogP contribution in [-0.2, 0) is 6.54 Å². The van der Waals surface area contributed by atoms with E-state index in [-0.39, 0.29) is 5.91 Å². The van der Waals surface area contributed by atoms with Crippen molar-refractivity contribution in [3.8, 4) is 22.8 Å². The fourth-order valence-corrected chi connectivity index (χ4v) is 3.35. The molecule has 0 aliphatic carbocycles. The predicted octanol–water partition coefficient (Wildman–Crippen LogP) is 4.93. The van der Waals surface area contributed by atoms with Gasteiger partial charge in [-0.05, 0) is 58.3 Å². The molecule has 0 saturated carbocycles. The number of amides is 1. The number of aromatic nitrogens is 2. The van der Waals surface area contributed by atoms with Crippen LogP contribution in [0.3, 0.4) is 0 Å². The molecule has 3 aromatic heterocycles. The van der Waals surface area contributed by atoms with Crippen molar-refractivity contribution in [2.24, 2.45) is 0 Å². The number of carbonyl (C=O) groups excluding carboxylic acids is 1. The van der Waals surface area contributed by atoms with E-state index >= 15 is 0 Å². The number of benzene rings is 1. The molecule has 4 rings (SSSR count). The summed E-state index contributed by atoms with van der Waals surface area (Å²) in [6, 6.07) is 16.5. The Morgan fingerprint density at radius 3 is 2.82 bits per heavy atom. The van der Waals surface area contributed by atoms with E-state index in [0.29, 0.717) is 23.7 Å². The fourth-order valence-electron chi connectivity index (χ4n) is 2.68. The smallest absolute Gasteiger partial charge is 0.251 e. The summed E-state index contributed by atoms with van der Waals surface area (Å²) in [5.41, 5.74) is 3.64. The second-order valence-corrected chi connectivity index (χ2v) is 6.85. The van der Waals surface area contributed by atoms with Gasteiger partial charge in [-0.2, -0.15) is 11.3 Å². The molecule has 0 aliphatic heterocycles. The SMILES string of the molecule is O=C(NCc1cncc(-c2ccsc2)c1)c1cccc(Oc2ccccn2)c1. The molecule has 1 amide bonds. The number of carbonyl (C=O) groups is 1. The standard InChI is InChI=1S/C22H17N3O2S/c26-22(17-4-3-5-20(11-17)27-21-6-1-2-8-24-21)25-13-16-10-19(14-23-12-16)18-7-9-28-15-18/h1-12,14-15H,13H2,(H,25,26). The van der Waals surface area contributed by atoms with Gasteiger partial charge in [-0.1, -0.05) is 12.1 Å². The average Bonchev–Trinajstić information content (AvgIpc) is 3.28. The van der Waals surface area contributed by atoms with Crippen molar-refractivity contribution in [1.29, 1.82) is 0 Å². The molecule has 5 nitrogen and oxygen atoms in total. The molecular formula is C22H17N3O2S. The molecule has 138 valence electrons. The van der Waals surface area contributed by atoms with Gasteiger partial charge in [0.25, 0.3) is 5.91 Å². The van der Waals surface area contributed by atoms with Gasteiger partial charge in [0.1, 0.15) is 5.75 Å². The second-order valence-electron chi connectivity index (χ2n) is 6.07. The zero-order chi connectivity index (χ0) is 19.2. The summed E-state index contributed by atoms with van der Waals surface area (Å²) in [5.74, 6) is 0.872. The van der Waals surface area contributed by atoms with E-state index in [1.807, 2.05) is 29.8 Å². The Morgan fingerprint density at radius 2 is 2.00 bits per heavy atom. The van der Waals surface area contributed by atoms with Crippen molar-refractivity contribution in [2.45, 2.75) is 6.54 Å². The van der Waals surface area contributed by atoms with Crippen LogP contribution in [0.5, 0.6) is 11.6 Å². The highest BCUT2D eigenvalue weighted by atomic mass is 32.1. The van der Waals surface area contributed by atoms with Gasteiger partial charge in [0.15, 0.2) is 0 Å². The number of ether oxygens (including phenoxy) is 1. The molecule has 0 saturated heterocycles. The first-order valence-electron chi connectivity index (χ1n) is 8.71. The van der Waals surface area contributed by atoms with E-state index in [9.17, 15) is 4.79 Å². The lowest BCUT2D eigenvalue weighted by molar-refractivity contribution is 0.0950. The predicted molar refractivity (Wildman–Crippen MR) is 109 cm³/mol. The lowest BCUT2D eigenvalue weighted by Crippen LogP contribution is -2.22. The van der Waals surface area contributed by atoms with E-state index in [0.717, 1.165) is 16.7 Å². The minimum absolute atomic E-state index is 0.174. The highest BCUT2D eigenvalue weighted by molar-refractivity contribution is 7.08. The minimum Gasteiger partial charge on any atom is -0.439 e. The third kappa shape index (κ3) is 4.42. The van der Waals surface area contributed by atoms with Gasteiger partial charge in [0, 0.05) is 42.3 Å². The Balaban J connectivity index is 1.42. The van der Waals surface area contributed by atoms with Crippen molar-refractivity contribution in [2.75, 3.05) is 0 Å². The third-order valence-corrected chi connectivity index (χ3v) is 4.74. The van der Waals surface area contributed by atoms with Gasteiger partial charge in [-0.15, -0.1) is 0 Å². The van der Waals surface area contributed by atoms with E-state index in [1.54, 1.807) is 54.1 Å². The van der Waals surface area contributed by atoms with Crippen LogP contribution in [-0.4, -0.2) is 15.9 Å². The van der Waals surface area contributed by atoms with Crippen LogP contribution >= 0.6 is 11.3 Å². The summed E-state index contributed by atoms with van der Waals surface area (Å²) in [5, 5.41) is 7.04. The topological polar surface area (TPSA) is 64.1 Å². The molecule has 1 aromatic carbocycles. The first-order valence-corrected chi connectivity index (χ1v) is 9.66. The van der Waals surface area contributed by atoms with E-state index < -0.39 is 0 Å². The van der Waals surface area contributed by atoms with Gasteiger partial charge in [-0.3, -0.25) is 9.78 Å². The molecule has 28 heavy (non-hydrogen) atoms. The summed E-state index contributed by atoms with van der Waals surface area (Å²) in [6.07, 6.45) is 5.24. The maximum Gasteiger partial charge on any atom is 0.251 e. The Kier molecular flexibility index (Phi) is 5.40. The lowest BCUT2D eigenvalue weighted by atomic mass is 10.1. The van der Waals surface area contributed by atoms with Crippen molar-refractivity contribution in [3.05, 3.63) is 95.1 Å². The maximum atomic E-state index is 12.5. The van der Waals surface area contributed by atoms with Crippen LogP contribution in [0.15, 0.2) is 83.9 Å². The Bertz CT molecular complexity index is 1070. The van der Waals surface area contributed by atoms with Crippen molar-refractivity contribution in [1.82, 2.24) is 15.3 Å². The van der Waals surface area contributed by atoms with Crippen molar-refractivity contribution >= 4 is 17.2 Å². The van der Waals surface area contributed by atoms with Crippen LogP contribution < -0.4 is 10.1 Å². The summed E-state index contributed by atoms with van der Waals surface area (Å²) in [4.78, 5) is 20.9. The van der Waals surface area contributed by atoms with Crippen LogP contribution in [0.4, 0.5) is 0 Å². The summed E-state index contributed by atoms with van der Waals surface area (Å²) in [7, 11) is 0. The molecule has 0 aliphatic rings. The Hall–Kier alpha value is -3.51. The van der Waals surface area contributed by atoms with Crippen molar-refractivity contribution in [3.63, 3.8) is 0 Å². The molecule has 0 unspecified atom stereocenters. The number of hydrogen-bond acceptors (Lipinski definition) is 5. The second kappa shape index (κ2) is 8.45. The highest BCUT2D eigenvalue weighted by Crippen LogP contribution is 2.22. The Morgan fingerprint density at radius 1 is 1.04 bits per heavy atom. The number of nitrogens with one attached hydrogen (secondary N) is 1. The van der Waals surface area contributed by atoms with E-state index in [2.05, 4.69) is 26.7 Å². The number of rotatable bonds is 6. The fraction of sp³-hybridized carbons (Fsp3) is 0.0455. The first kappa shape index (κ1) is 17.9. The van der Waals surface area contributed by atoms with Gasteiger partial charge in [0.05, 0.1) is 0 Å². The zero-order valence-corrected chi connectivity index (χ0v) is 15.7. The molecule has 0 fully saturated rings. The van der Waals surface area contributed by atoms with Gasteiger partial charge < -0.3 is 10.1 Å². The molecule has 3 heterocycles. The molecule has 0 bridgehead atoms. The summed E-state index contributed by atoms with van der Waals surface area (Å²) in [6.45, 7) is 0.398. The lowest BCUT2D eigenvalue weighted by Gasteiger charge is -2.08. The Labute approximate surface area is 166 Å². The van der Waals surface area contributed by atoms with Crippen molar-refractivity contribution < 1.29 is 9.53 Å². The van der Waals surface area contributed by atoms with E-state index in [1.165, 1.54) is 0 Å².